The minimum atomic E-state index is -0.328. The van der Waals surface area contributed by atoms with E-state index in [4.69, 9.17) is 4.74 Å². The molecule has 1 aromatic carbocycles. The molecule has 1 atom stereocenters. The highest BCUT2D eigenvalue weighted by Crippen LogP contribution is 2.28. The molecule has 1 amide bonds. The van der Waals surface area contributed by atoms with Gasteiger partial charge in [0.2, 0.25) is 5.91 Å². The first kappa shape index (κ1) is 18.2. The molecule has 8 heteroatoms. The number of hydrogen-bond acceptors (Lipinski definition) is 5. The van der Waals surface area contributed by atoms with Crippen LogP contribution in [0.4, 0.5) is 5.69 Å². The van der Waals surface area contributed by atoms with Crippen LogP contribution in [0.25, 0.3) is 11.0 Å². The van der Waals surface area contributed by atoms with E-state index in [0.717, 1.165) is 42.4 Å². The van der Waals surface area contributed by atoms with Crippen LogP contribution in [0.5, 0.6) is 5.75 Å². The fourth-order valence-electron chi connectivity index (χ4n) is 3.49. The number of aromatic amines is 1. The molecule has 4 rings (SSSR count). The molecule has 3 aromatic rings. The number of imidazole rings is 1. The van der Waals surface area contributed by atoms with Gasteiger partial charge < -0.3 is 24.7 Å². The molecule has 0 aliphatic carbocycles. The lowest BCUT2D eigenvalue weighted by Crippen LogP contribution is -2.24. The maximum absolute atomic E-state index is 12.3. The van der Waals surface area contributed by atoms with Gasteiger partial charge in [-0.1, -0.05) is 0 Å². The number of nitrogens with zero attached hydrogens (tertiary/aromatic N) is 2. The van der Waals surface area contributed by atoms with Crippen LogP contribution in [0.15, 0.2) is 35.1 Å². The van der Waals surface area contributed by atoms with Crippen LogP contribution in [-0.2, 0) is 16.1 Å². The Morgan fingerprint density at radius 3 is 3.00 bits per heavy atom. The molecule has 28 heavy (non-hydrogen) atoms. The number of hydrogen-bond donors (Lipinski definition) is 3. The van der Waals surface area contributed by atoms with Gasteiger partial charge >= 0.3 is 0 Å². The molecule has 0 bridgehead atoms. The van der Waals surface area contributed by atoms with E-state index in [2.05, 4.69) is 15.3 Å². The van der Waals surface area contributed by atoms with Crippen LogP contribution in [0, 0.1) is 6.92 Å². The lowest BCUT2D eigenvalue weighted by Gasteiger charge is -2.10. The van der Waals surface area contributed by atoms with Crippen LogP contribution in [0.2, 0.25) is 0 Å². The first-order chi connectivity index (χ1) is 13.5. The van der Waals surface area contributed by atoms with Gasteiger partial charge in [0.1, 0.15) is 17.7 Å². The molecule has 1 fully saturated rings. The topological polar surface area (TPSA) is 109 Å². The minimum absolute atomic E-state index is 0.0114. The Bertz CT molecular complexity index is 1080. The Morgan fingerprint density at radius 2 is 2.25 bits per heavy atom. The molecule has 0 spiro atoms. The first-order valence-electron chi connectivity index (χ1n) is 9.31. The van der Waals surface area contributed by atoms with Gasteiger partial charge in [-0.15, -0.1) is 0 Å². The smallest absolute Gasteiger partial charge is 0.254 e. The summed E-state index contributed by atoms with van der Waals surface area (Å²) in [5, 5.41) is 12.3. The van der Waals surface area contributed by atoms with Crippen molar-refractivity contribution in [3.05, 3.63) is 52.2 Å². The van der Waals surface area contributed by atoms with Crippen LogP contribution in [0.3, 0.4) is 0 Å². The number of benzene rings is 1. The number of aromatic hydroxyl groups is 1. The van der Waals surface area contributed by atoms with Crippen LogP contribution < -0.4 is 10.9 Å². The van der Waals surface area contributed by atoms with E-state index < -0.39 is 0 Å². The Morgan fingerprint density at radius 1 is 1.39 bits per heavy atom. The minimum Gasteiger partial charge on any atom is -0.508 e. The third-order valence-electron chi connectivity index (χ3n) is 4.90. The summed E-state index contributed by atoms with van der Waals surface area (Å²) in [7, 11) is 0. The number of anilines is 1. The molecule has 3 heterocycles. The Kier molecular flexibility index (Phi) is 4.87. The van der Waals surface area contributed by atoms with Crippen molar-refractivity contribution >= 4 is 22.6 Å². The molecular formula is C20H22N4O4. The van der Waals surface area contributed by atoms with Gasteiger partial charge in [-0.05, 0) is 44.0 Å². The van der Waals surface area contributed by atoms with Crippen molar-refractivity contribution in [1.82, 2.24) is 14.5 Å². The van der Waals surface area contributed by atoms with Gasteiger partial charge in [-0.3, -0.25) is 9.59 Å². The summed E-state index contributed by atoms with van der Waals surface area (Å²) in [5.74, 6) is 0.550. The maximum Gasteiger partial charge on any atom is 0.254 e. The van der Waals surface area contributed by atoms with Crippen molar-refractivity contribution < 1.29 is 14.6 Å². The number of carbonyl (C=O) groups is 1. The van der Waals surface area contributed by atoms with E-state index in [1.807, 2.05) is 12.1 Å². The summed E-state index contributed by atoms with van der Waals surface area (Å²) in [4.78, 5) is 32.1. The fourth-order valence-corrected chi connectivity index (χ4v) is 3.49. The number of rotatable bonds is 5. The molecule has 1 aliphatic heterocycles. The zero-order chi connectivity index (χ0) is 19.7. The predicted octanol–water partition coefficient (Wildman–Crippen LogP) is 2.62. The summed E-state index contributed by atoms with van der Waals surface area (Å²) in [5.41, 5.74) is 2.61. The largest absolute Gasteiger partial charge is 0.508 e. The fraction of sp³-hybridized carbons (Fsp3) is 0.350. The van der Waals surface area contributed by atoms with Gasteiger partial charge in [0.25, 0.3) is 5.56 Å². The highest BCUT2D eigenvalue weighted by molar-refractivity contribution is 5.93. The van der Waals surface area contributed by atoms with E-state index >= 15 is 0 Å². The Labute approximate surface area is 161 Å². The van der Waals surface area contributed by atoms with Gasteiger partial charge in [0.15, 0.2) is 0 Å². The summed E-state index contributed by atoms with van der Waals surface area (Å²) in [6, 6.07) is 8.14. The van der Waals surface area contributed by atoms with Crippen LogP contribution in [-0.4, -0.2) is 32.2 Å². The number of aryl methyl sites for hydroxylation is 1. The monoisotopic (exact) mass is 382 g/mol. The Hall–Kier alpha value is -3.13. The summed E-state index contributed by atoms with van der Waals surface area (Å²) in [6.45, 7) is 2.72. The molecule has 8 nitrogen and oxygen atoms in total. The number of nitrogens with one attached hydrogen (secondary N) is 2. The third-order valence-corrected chi connectivity index (χ3v) is 4.90. The molecule has 0 unspecified atom stereocenters. The molecular weight excluding hydrogens is 360 g/mol. The molecule has 3 N–H and O–H groups in total. The average molecular weight is 382 g/mol. The van der Waals surface area contributed by atoms with E-state index in [1.165, 1.54) is 10.6 Å². The zero-order valence-electron chi connectivity index (χ0n) is 15.6. The van der Waals surface area contributed by atoms with Crippen LogP contribution in [0.1, 0.15) is 36.9 Å². The number of aromatic nitrogens is 3. The number of fused-ring (bicyclic) bond motifs is 1. The molecule has 1 aliphatic rings. The molecule has 2 aromatic heterocycles. The second-order valence-electron chi connectivity index (χ2n) is 7.00. The molecule has 1 saturated heterocycles. The number of H-pyrrole nitrogens is 1. The standard InChI is InChI=1S/C20H22N4O4/c1-12-9-14(25)11-19(27)24(12)7-6-18(26)21-13-4-5-15-16(10-13)23-20(22-15)17-3-2-8-28-17/h4-5,9-11,17,25H,2-3,6-8H2,1H3,(H,21,26)(H,22,23)/t17-/m0/s1. The third kappa shape index (κ3) is 3.77. The Balaban J connectivity index is 1.43. The number of amides is 1. The van der Waals surface area contributed by atoms with E-state index in [-0.39, 0.29) is 36.3 Å². The van der Waals surface area contributed by atoms with E-state index in [1.54, 1.807) is 13.0 Å². The second-order valence-corrected chi connectivity index (χ2v) is 7.00. The summed E-state index contributed by atoms with van der Waals surface area (Å²) < 4.78 is 7.12. The maximum atomic E-state index is 12.3. The number of ether oxygens (including phenoxy) is 1. The highest BCUT2D eigenvalue weighted by atomic mass is 16.5. The van der Waals surface area contributed by atoms with Crippen molar-refractivity contribution in [2.24, 2.45) is 0 Å². The lowest BCUT2D eigenvalue weighted by atomic mass is 10.2. The van der Waals surface area contributed by atoms with Crippen molar-refractivity contribution in [1.29, 1.82) is 0 Å². The van der Waals surface area contributed by atoms with Crippen molar-refractivity contribution in [2.75, 3.05) is 11.9 Å². The molecule has 146 valence electrons. The van der Waals surface area contributed by atoms with Gasteiger partial charge in [-0.25, -0.2) is 4.98 Å². The van der Waals surface area contributed by atoms with Crippen molar-refractivity contribution in [3.8, 4) is 5.75 Å². The summed E-state index contributed by atoms with van der Waals surface area (Å²) >= 11 is 0. The normalized spacial score (nSPS) is 16.5. The van der Waals surface area contributed by atoms with Gasteiger partial charge in [0.05, 0.1) is 11.0 Å². The van der Waals surface area contributed by atoms with E-state index in [0.29, 0.717) is 11.4 Å². The first-order valence-corrected chi connectivity index (χ1v) is 9.31. The SMILES string of the molecule is Cc1cc(O)cc(=O)n1CCC(=O)Nc1ccc2nc([C@@H]3CCCO3)[nH]c2c1. The summed E-state index contributed by atoms with van der Waals surface area (Å²) in [6.07, 6.45) is 2.15. The van der Waals surface area contributed by atoms with Gasteiger partial charge in [-0.2, -0.15) is 0 Å². The lowest BCUT2D eigenvalue weighted by molar-refractivity contribution is -0.116. The van der Waals surface area contributed by atoms with Crippen molar-refractivity contribution in [3.63, 3.8) is 0 Å². The average Bonchev–Trinajstić information content (AvgIpc) is 3.29. The number of pyridine rings is 1. The predicted molar refractivity (Wildman–Crippen MR) is 104 cm³/mol. The van der Waals surface area contributed by atoms with Gasteiger partial charge in [0, 0.05) is 37.0 Å². The second kappa shape index (κ2) is 7.47. The van der Waals surface area contributed by atoms with Crippen LogP contribution >= 0.6 is 0 Å². The highest BCUT2D eigenvalue weighted by Gasteiger charge is 2.21. The molecule has 0 radical (unpaired) electrons. The van der Waals surface area contributed by atoms with E-state index in [9.17, 15) is 14.7 Å². The quantitative estimate of drug-likeness (QED) is 0.628. The number of carbonyl (C=O) groups excluding carboxylic acids is 1. The zero-order valence-corrected chi connectivity index (χ0v) is 15.6. The van der Waals surface area contributed by atoms with Crippen molar-refractivity contribution in [2.45, 2.75) is 38.8 Å². The molecule has 0 saturated carbocycles.